The molecule has 2 heterocycles. The van der Waals surface area contributed by atoms with Gasteiger partial charge in [0, 0.05) is 31.5 Å². The maximum absolute atomic E-state index is 14.0. The molecule has 32 heavy (non-hydrogen) atoms. The molecule has 0 bridgehead atoms. The lowest BCUT2D eigenvalue weighted by atomic mass is 10.1. The van der Waals surface area contributed by atoms with E-state index in [1.807, 2.05) is 25.1 Å². The molecule has 3 N–H and O–H groups in total. The number of rotatable bonds is 6. The molecule has 1 atom stereocenters. The number of nitrogens with two attached hydrogens (primary N) is 1. The molecule has 0 aliphatic rings. The lowest BCUT2D eigenvalue weighted by molar-refractivity contribution is 0.535. The molecule has 0 aliphatic heterocycles. The number of nitrogens with one attached hydrogen (secondary N) is 1. The molecule has 164 valence electrons. The summed E-state index contributed by atoms with van der Waals surface area (Å²) in [4.78, 5) is 15.1. The first kappa shape index (κ1) is 21.8. The fraction of sp³-hybridized carbons (Fsp3) is 0.0952. The fourth-order valence-corrected chi connectivity index (χ4v) is 4.83. The van der Waals surface area contributed by atoms with Crippen molar-refractivity contribution in [2.24, 2.45) is 0 Å². The molecule has 0 saturated carbocycles. The summed E-state index contributed by atoms with van der Waals surface area (Å²) >= 11 is 1.43. The van der Waals surface area contributed by atoms with Crippen molar-refractivity contribution in [1.82, 2.24) is 15.0 Å². The molecular weight excluding hydrogens is 454 g/mol. The van der Waals surface area contributed by atoms with Gasteiger partial charge >= 0.3 is 0 Å². The van der Waals surface area contributed by atoms with Crippen molar-refractivity contribution in [2.45, 2.75) is 4.90 Å². The van der Waals surface area contributed by atoms with Crippen molar-refractivity contribution in [2.75, 3.05) is 29.5 Å². The Hall–Kier alpha value is -3.44. The smallest absolute Gasteiger partial charge is 0.220 e. The van der Waals surface area contributed by atoms with Crippen LogP contribution in [0.4, 0.5) is 25.5 Å². The van der Waals surface area contributed by atoms with E-state index in [0.717, 1.165) is 22.1 Å². The first-order valence-electron chi connectivity index (χ1n) is 9.33. The van der Waals surface area contributed by atoms with Crippen molar-refractivity contribution in [3.05, 3.63) is 66.4 Å². The number of halogens is 2. The minimum Gasteiger partial charge on any atom is -0.368 e. The van der Waals surface area contributed by atoms with Crippen molar-refractivity contribution in [3.63, 3.8) is 0 Å². The SMILES string of the molecule is CN(C)c1nc(-c2cccc(NS(=O)c3c(F)cccc3F)c2)c(-c2ccnc(N)n2)s1. The standard InChI is InChI=1S/C21H18F2N6OS2/c1-29(2)21-27-17(18(31-21)16-9-10-25-20(24)26-16)12-5-3-6-13(11-12)28-32(30)19-14(22)7-4-8-15(19)23/h3-11,28H,1-2H3,(H2,24,25,26). The van der Waals surface area contributed by atoms with Gasteiger partial charge in [-0.2, -0.15) is 0 Å². The summed E-state index contributed by atoms with van der Waals surface area (Å²) in [6.45, 7) is 0. The third-order valence-electron chi connectivity index (χ3n) is 4.36. The zero-order valence-corrected chi connectivity index (χ0v) is 18.7. The van der Waals surface area contributed by atoms with E-state index in [-0.39, 0.29) is 5.95 Å². The molecule has 7 nitrogen and oxygen atoms in total. The van der Waals surface area contributed by atoms with E-state index in [9.17, 15) is 13.0 Å². The summed E-state index contributed by atoms with van der Waals surface area (Å²) < 4.78 is 43.2. The molecule has 4 aromatic rings. The Morgan fingerprint density at radius 3 is 2.47 bits per heavy atom. The number of aromatic nitrogens is 3. The topological polar surface area (TPSA) is 97.0 Å². The Bertz CT molecular complexity index is 1290. The maximum Gasteiger partial charge on any atom is 0.220 e. The normalized spacial score (nSPS) is 11.9. The molecule has 0 fully saturated rings. The Labute approximate surface area is 189 Å². The second kappa shape index (κ2) is 8.97. The van der Waals surface area contributed by atoms with Crippen LogP contribution < -0.4 is 15.4 Å². The molecule has 0 amide bonds. The van der Waals surface area contributed by atoms with Crippen molar-refractivity contribution in [3.8, 4) is 21.8 Å². The van der Waals surface area contributed by atoms with E-state index in [1.165, 1.54) is 17.4 Å². The Morgan fingerprint density at radius 2 is 1.78 bits per heavy atom. The Kier molecular flexibility index (Phi) is 6.10. The van der Waals surface area contributed by atoms with Crippen molar-refractivity contribution in [1.29, 1.82) is 0 Å². The van der Waals surface area contributed by atoms with Crippen LogP contribution in [0.15, 0.2) is 59.6 Å². The highest BCUT2D eigenvalue weighted by atomic mass is 32.2. The number of hydrogen-bond acceptors (Lipinski definition) is 7. The second-order valence-corrected chi connectivity index (χ2v) is 9.00. The number of hydrogen-bond donors (Lipinski definition) is 2. The van der Waals surface area contributed by atoms with E-state index < -0.39 is 27.5 Å². The van der Waals surface area contributed by atoms with Crippen molar-refractivity contribution >= 4 is 39.1 Å². The van der Waals surface area contributed by atoms with Crippen LogP contribution in [-0.2, 0) is 11.0 Å². The van der Waals surface area contributed by atoms with Gasteiger partial charge in [-0.1, -0.05) is 29.5 Å². The third-order valence-corrected chi connectivity index (χ3v) is 6.78. The molecule has 0 saturated heterocycles. The van der Waals surface area contributed by atoms with Gasteiger partial charge < -0.3 is 15.4 Å². The summed E-state index contributed by atoms with van der Waals surface area (Å²) in [6, 6.07) is 12.0. The van der Waals surface area contributed by atoms with Crippen LogP contribution in [0.2, 0.25) is 0 Å². The van der Waals surface area contributed by atoms with Crippen LogP contribution >= 0.6 is 11.3 Å². The van der Waals surface area contributed by atoms with E-state index in [4.69, 9.17) is 10.7 Å². The Morgan fingerprint density at radius 1 is 1.06 bits per heavy atom. The highest BCUT2D eigenvalue weighted by molar-refractivity contribution is 7.86. The van der Waals surface area contributed by atoms with Crippen LogP contribution in [0.1, 0.15) is 0 Å². The van der Waals surface area contributed by atoms with Gasteiger partial charge in [0.15, 0.2) is 16.1 Å². The number of nitrogens with zero attached hydrogens (tertiary/aromatic N) is 4. The highest BCUT2D eigenvalue weighted by Crippen LogP contribution is 2.39. The van der Waals surface area contributed by atoms with E-state index in [1.54, 1.807) is 30.5 Å². The zero-order chi connectivity index (χ0) is 22.8. The summed E-state index contributed by atoms with van der Waals surface area (Å²) in [7, 11) is 1.63. The molecule has 2 aromatic heterocycles. The lowest BCUT2D eigenvalue weighted by Crippen LogP contribution is -2.09. The molecule has 2 aromatic carbocycles. The van der Waals surface area contributed by atoms with Gasteiger partial charge in [-0.05, 0) is 30.3 Å². The minimum absolute atomic E-state index is 0.144. The van der Waals surface area contributed by atoms with Gasteiger partial charge in [0.25, 0.3) is 0 Å². The van der Waals surface area contributed by atoms with Crippen LogP contribution in [-0.4, -0.2) is 33.3 Å². The van der Waals surface area contributed by atoms with Gasteiger partial charge in [0.1, 0.15) is 16.5 Å². The zero-order valence-electron chi connectivity index (χ0n) is 17.0. The predicted octanol–water partition coefficient (Wildman–Crippen LogP) is 4.33. The average Bonchev–Trinajstić information content (AvgIpc) is 3.20. The average molecular weight is 473 g/mol. The van der Waals surface area contributed by atoms with Gasteiger partial charge in [-0.25, -0.2) is 27.9 Å². The molecule has 1 unspecified atom stereocenters. The fourth-order valence-electron chi connectivity index (χ4n) is 2.92. The van der Waals surface area contributed by atoms with Crippen molar-refractivity contribution < 1.29 is 13.0 Å². The first-order valence-corrected chi connectivity index (χ1v) is 11.3. The maximum atomic E-state index is 14.0. The second-order valence-electron chi connectivity index (χ2n) is 6.87. The number of nitrogen functional groups attached to an aromatic ring is 1. The van der Waals surface area contributed by atoms with Crippen LogP contribution in [0.5, 0.6) is 0 Å². The van der Waals surface area contributed by atoms with Crippen LogP contribution in [0.3, 0.4) is 0 Å². The van der Waals surface area contributed by atoms with Crippen LogP contribution in [0, 0.1) is 11.6 Å². The molecule has 4 rings (SSSR count). The minimum atomic E-state index is -2.13. The Balaban J connectivity index is 1.73. The molecule has 0 aliphatic carbocycles. The van der Waals surface area contributed by atoms with Crippen LogP contribution in [0.25, 0.3) is 21.8 Å². The molecular formula is C21H18F2N6OS2. The number of anilines is 3. The highest BCUT2D eigenvalue weighted by Gasteiger charge is 2.19. The largest absolute Gasteiger partial charge is 0.368 e. The monoisotopic (exact) mass is 472 g/mol. The van der Waals surface area contributed by atoms with Gasteiger partial charge in [-0.15, -0.1) is 0 Å². The number of benzene rings is 2. The lowest BCUT2D eigenvalue weighted by Gasteiger charge is -2.10. The summed E-state index contributed by atoms with van der Waals surface area (Å²) in [5, 5.41) is 0.752. The van der Waals surface area contributed by atoms with E-state index in [0.29, 0.717) is 22.6 Å². The summed E-state index contributed by atoms with van der Waals surface area (Å²) in [5.41, 5.74) is 8.14. The number of thiazole rings is 1. The molecule has 0 spiro atoms. The molecule has 11 heteroatoms. The van der Waals surface area contributed by atoms with E-state index in [2.05, 4.69) is 14.7 Å². The van der Waals surface area contributed by atoms with Gasteiger partial charge in [0.2, 0.25) is 5.95 Å². The van der Waals surface area contributed by atoms with Gasteiger partial charge in [0.05, 0.1) is 16.3 Å². The first-order chi connectivity index (χ1) is 15.3. The quantitative estimate of drug-likeness (QED) is 0.434. The summed E-state index contributed by atoms with van der Waals surface area (Å²) in [5.74, 6) is -1.62. The van der Waals surface area contributed by atoms with Gasteiger partial charge in [-0.3, -0.25) is 0 Å². The molecule has 0 radical (unpaired) electrons. The third kappa shape index (κ3) is 4.43. The van der Waals surface area contributed by atoms with E-state index >= 15 is 0 Å². The summed E-state index contributed by atoms with van der Waals surface area (Å²) in [6.07, 6.45) is 1.57. The predicted molar refractivity (Wildman–Crippen MR) is 124 cm³/mol.